The van der Waals surface area contributed by atoms with Crippen molar-refractivity contribution in [3.05, 3.63) is 0 Å². The Labute approximate surface area is 86.6 Å². The Balaban J connectivity index is 1.90. The summed E-state index contributed by atoms with van der Waals surface area (Å²) in [6, 6.07) is 0.567. The summed E-state index contributed by atoms with van der Waals surface area (Å²) in [5.41, 5.74) is 0. The SMILES string of the molecule is CCC[C@@H](C)NCCNC(=O)C1CC1. The average Bonchev–Trinajstić information content (AvgIpc) is 2.95. The summed E-state index contributed by atoms with van der Waals surface area (Å²) in [4.78, 5) is 11.2. The molecule has 14 heavy (non-hydrogen) atoms. The molecule has 0 aromatic heterocycles. The molecular weight excluding hydrogens is 176 g/mol. The molecule has 82 valence electrons. The first-order chi connectivity index (χ1) is 6.74. The maximum absolute atomic E-state index is 11.2. The van der Waals surface area contributed by atoms with E-state index in [0.29, 0.717) is 12.0 Å². The Morgan fingerprint density at radius 2 is 2.14 bits per heavy atom. The molecule has 1 aliphatic rings. The Hall–Kier alpha value is -0.570. The van der Waals surface area contributed by atoms with Gasteiger partial charge in [0.15, 0.2) is 0 Å². The molecule has 0 bridgehead atoms. The van der Waals surface area contributed by atoms with E-state index in [0.717, 1.165) is 25.9 Å². The standard InChI is InChI=1S/C11H22N2O/c1-3-4-9(2)12-7-8-13-11(14)10-5-6-10/h9-10,12H,3-8H2,1-2H3,(H,13,14)/t9-/m1/s1. The van der Waals surface area contributed by atoms with Crippen molar-refractivity contribution in [3.8, 4) is 0 Å². The van der Waals surface area contributed by atoms with E-state index >= 15 is 0 Å². The molecule has 0 saturated heterocycles. The van der Waals surface area contributed by atoms with E-state index in [9.17, 15) is 4.79 Å². The minimum Gasteiger partial charge on any atom is -0.355 e. The van der Waals surface area contributed by atoms with E-state index in [-0.39, 0.29) is 5.91 Å². The third-order valence-electron chi connectivity index (χ3n) is 2.59. The van der Waals surface area contributed by atoms with Crippen molar-refractivity contribution in [2.45, 2.75) is 45.6 Å². The number of carbonyl (C=O) groups is 1. The minimum atomic E-state index is 0.245. The lowest BCUT2D eigenvalue weighted by molar-refractivity contribution is -0.122. The highest BCUT2D eigenvalue weighted by Gasteiger charge is 2.28. The molecule has 1 amide bonds. The summed E-state index contributed by atoms with van der Waals surface area (Å²) in [6.45, 7) is 6.03. The van der Waals surface area contributed by atoms with Gasteiger partial charge in [0.2, 0.25) is 5.91 Å². The van der Waals surface area contributed by atoms with Crippen molar-refractivity contribution >= 4 is 5.91 Å². The first-order valence-corrected chi connectivity index (χ1v) is 5.75. The second-order valence-electron chi connectivity index (χ2n) is 4.21. The zero-order valence-corrected chi connectivity index (χ0v) is 9.31. The molecule has 2 N–H and O–H groups in total. The van der Waals surface area contributed by atoms with Crippen LogP contribution in [-0.4, -0.2) is 25.0 Å². The van der Waals surface area contributed by atoms with Crippen molar-refractivity contribution in [2.24, 2.45) is 5.92 Å². The van der Waals surface area contributed by atoms with Crippen LogP contribution in [-0.2, 0) is 4.79 Å². The third kappa shape index (κ3) is 4.61. The Kier molecular flexibility index (Phi) is 4.94. The Morgan fingerprint density at radius 3 is 2.71 bits per heavy atom. The summed E-state index contributed by atoms with van der Waals surface area (Å²) < 4.78 is 0. The lowest BCUT2D eigenvalue weighted by atomic mass is 10.2. The summed E-state index contributed by atoms with van der Waals surface area (Å²) in [5.74, 6) is 0.581. The zero-order valence-electron chi connectivity index (χ0n) is 9.31. The van der Waals surface area contributed by atoms with E-state index in [1.807, 2.05) is 0 Å². The van der Waals surface area contributed by atoms with Crippen molar-refractivity contribution in [1.82, 2.24) is 10.6 Å². The number of nitrogens with one attached hydrogen (secondary N) is 2. The van der Waals surface area contributed by atoms with E-state index < -0.39 is 0 Å². The van der Waals surface area contributed by atoms with Gasteiger partial charge in [0.1, 0.15) is 0 Å². The second kappa shape index (κ2) is 6.02. The quantitative estimate of drug-likeness (QED) is 0.605. The molecule has 1 aliphatic carbocycles. The molecule has 3 nitrogen and oxygen atoms in total. The first kappa shape index (κ1) is 11.5. The molecule has 1 fully saturated rings. The molecule has 1 atom stereocenters. The maximum atomic E-state index is 11.2. The zero-order chi connectivity index (χ0) is 10.4. The predicted molar refractivity (Wildman–Crippen MR) is 58.1 cm³/mol. The van der Waals surface area contributed by atoms with E-state index in [4.69, 9.17) is 0 Å². The molecule has 1 rings (SSSR count). The Morgan fingerprint density at radius 1 is 1.43 bits per heavy atom. The van der Waals surface area contributed by atoms with Gasteiger partial charge < -0.3 is 10.6 Å². The van der Waals surface area contributed by atoms with Crippen LogP contribution in [0.2, 0.25) is 0 Å². The third-order valence-corrected chi connectivity index (χ3v) is 2.59. The highest BCUT2D eigenvalue weighted by Crippen LogP contribution is 2.28. The summed E-state index contributed by atoms with van der Waals surface area (Å²) in [5, 5.41) is 6.32. The topological polar surface area (TPSA) is 41.1 Å². The van der Waals surface area contributed by atoms with Crippen LogP contribution in [0, 0.1) is 5.92 Å². The second-order valence-corrected chi connectivity index (χ2v) is 4.21. The molecule has 0 heterocycles. The molecule has 1 saturated carbocycles. The van der Waals surface area contributed by atoms with Gasteiger partial charge in [-0.1, -0.05) is 13.3 Å². The van der Waals surface area contributed by atoms with E-state index in [1.165, 1.54) is 12.8 Å². The predicted octanol–water partition coefficient (Wildman–Crippen LogP) is 1.29. The molecule has 0 unspecified atom stereocenters. The van der Waals surface area contributed by atoms with Crippen LogP contribution in [0.1, 0.15) is 39.5 Å². The van der Waals surface area contributed by atoms with Crippen LogP contribution >= 0.6 is 0 Å². The first-order valence-electron chi connectivity index (χ1n) is 5.75. The van der Waals surface area contributed by atoms with Crippen LogP contribution in [0.25, 0.3) is 0 Å². The fourth-order valence-corrected chi connectivity index (χ4v) is 1.53. The highest BCUT2D eigenvalue weighted by molar-refractivity contribution is 5.80. The molecule has 0 spiro atoms. The molecule has 3 heteroatoms. The van der Waals surface area contributed by atoms with Gasteiger partial charge in [0.05, 0.1) is 0 Å². The molecule has 0 aromatic rings. The van der Waals surface area contributed by atoms with Gasteiger partial charge in [-0.25, -0.2) is 0 Å². The van der Waals surface area contributed by atoms with Crippen LogP contribution in [0.3, 0.4) is 0 Å². The molecule has 0 aliphatic heterocycles. The van der Waals surface area contributed by atoms with E-state index in [2.05, 4.69) is 24.5 Å². The van der Waals surface area contributed by atoms with Gasteiger partial charge >= 0.3 is 0 Å². The van der Waals surface area contributed by atoms with Gasteiger partial charge in [-0.05, 0) is 26.2 Å². The fourth-order valence-electron chi connectivity index (χ4n) is 1.53. The van der Waals surface area contributed by atoms with Crippen LogP contribution in [0.4, 0.5) is 0 Å². The summed E-state index contributed by atoms with van der Waals surface area (Å²) in [6.07, 6.45) is 4.59. The smallest absolute Gasteiger partial charge is 0.223 e. The molecular formula is C11H22N2O. The molecule has 0 aromatic carbocycles. The van der Waals surface area contributed by atoms with Crippen molar-refractivity contribution in [3.63, 3.8) is 0 Å². The van der Waals surface area contributed by atoms with Gasteiger partial charge in [0, 0.05) is 25.0 Å². The monoisotopic (exact) mass is 198 g/mol. The lowest BCUT2D eigenvalue weighted by Gasteiger charge is -2.12. The van der Waals surface area contributed by atoms with Crippen LogP contribution < -0.4 is 10.6 Å². The van der Waals surface area contributed by atoms with Crippen molar-refractivity contribution in [1.29, 1.82) is 0 Å². The maximum Gasteiger partial charge on any atom is 0.223 e. The summed E-state index contributed by atoms with van der Waals surface area (Å²) in [7, 11) is 0. The largest absolute Gasteiger partial charge is 0.355 e. The van der Waals surface area contributed by atoms with E-state index in [1.54, 1.807) is 0 Å². The number of amides is 1. The minimum absolute atomic E-state index is 0.245. The van der Waals surface area contributed by atoms with Crippen molar-refractivity contribution < 1.29 is 4.79 Å². The van der Waals surface area contributed by atoms with Gasteiger partial charge in [-0.2, -0.15) is 0 Å². The van der Waals surface area contributed by atoms with Gasteiger partial charge in [-0.3, -0.25) is 4.79 Å². The Bertz CT molecular complexity index is 178. The number of rotatable bonds is 7. The van der Waals surface area contributed by atoms with Crippen molar-refractivity contribution in [2.75, 3.05) is 13.1 Å². The van der Waals surface area contributed by atoms with Gasteiger partial charge in [0.25, 0.3) is 0 Å². The highest BCUT2D eigenvalue weighted by atomic mass is 16.2. The summed E-state index contributed by atoms with van der Waals surface area (Å²) >= 11 is 0. The number of carbonyl (C=O) groups excluding carboxylic acids is 1. The lowest BCUT2D eigenvalue weighted by Crippen LogP contribution is -2.36. The van der Waals surface area contributed by atoms with Crippen LogP contribution in [0.5, 0.6) is 0 Å². The number of hydrogen-bond acceptors (Lipinski definition) is 2. The van der Waals surface area contributed by atoms with Gasteiger partial charge in [-0.15, -0.1) is 0 Å². The number of hydrogen-bond donors (Lipinski definition) is 2. The molecule has 0 radical (unpaired) electrons. The fraction of sp³-hybridized carbons (Fsp3) is 0.909. The van der Waals surface area contributed by atoms with Crippen LogP contribution in [0.15, 0.2) is 0 Å². The average molecular weight is 198 g/mol. The normalized spacial score (nSPS) is 17.9.